The van der Waals surface area contributed by atoms with Gasteiger partial charge in [-0.1, -0.05) is 0 Å². The highest BCUT2D eigenvalue weighted by atomic mass is 16.5. The number of aliphatic hydroxyl groups excluding tert-OH is 1. The number of aromatic nitrogens is 1. The standard InChI is InChI=1S/C15H16N2O3/c1-20-13-3-2-9-4-10(8-16-14(9)7-13)15(19)17-11-5-12(18)6-11/h2-4,7-8,11-12,18H,5-6H2,1H3,(H,17,19). The minimum atomic E-state index is -0.275. The van der Waals surface area contributed by atoms with Gasteiger partial charge in [-0.05, 0) is 31.0 Å². The van der Waals surface area contributed by atoms with Crippen molar-refractivity contribution in [3.05, 3.63) is 36.0 Å². The lowest BCUT2D eigenvalue weighted by Gasteiger charge is -2.31. The predicted octanol–water partition coefficient (Wildman–Crippen LogP) is 1.50. The van der Waals surface area contributed by atoms with Crippen molar-refractivity contribution in [2.45, 2.75) is 25.0 Å². The second-order valence-electron chi connectivity index (χ2n) is 5.08. The summed E-state index contributed by atoms with van der Waals surface area (Å²) in [6.45, 7) is 0. The van der Waals surface area contributed by atoms with Gasteiger partial charge >= 0.3 is 0 Å². The number of hydrogen-bond donors (Lipinski definition) is 2. The summed E-state index contributed by atoms with van der Waals surface area (Å²) in [5, 5.41) is 13.0. The molecule has 3 rings (SSSR count). The highest BCUT2D eigenvalue weighted by molar-refractivity contribution is 5.97. The molecule has 1 aliphatic carbocycles. The first-order valence-electron chi connectivity index (χ1n) is 6.58. The lowest BCUT2D eigenvalue weighted by Crippen LogP contribution is -2.46. The fourth-order valence-corrected chi connectivity index (χ4v) is 2.33. The predicted molar refractivity (Wildman–Crippen MR) is 74.8 cm³/mol. The summed E-state index contributed by atoms with van der Waals surface area (Å²) >= 11 is 0. The molecule has 2 N–H and O–H groups in total. The van der Waals surface area contributed by atoms with Gasteiger partial charge in [0.15, 0.2) is 0 Å². The van der Waals surface area contributed by atoms with E-state index in [2.05, 4.69) is 10.3 Å². The second-order valence-corrected chi connectivity index (χ2v) is 5.08. The Labute approximate surface area is 116 Å². The molecule has 1 aromatic heterocycles. The third-order valence-corrected chi connectivity index (χ3v) is 3.60. The zero-order chi connectivity index (χ0) is 14.1. The Morgan fingerprint density at radius 2 is 2.20 bits per heavy atom. The van der Waals surface area contributed by atoms with Gasteiger partial charge in [-0.15, -0.1) is 0 Å². The molecule has 0 bridgehead atoms. The number of amides is 1. The number of rotatable bonds is 3. The number of aliphatic hydroxyl groups is 1. The summed E-state index contributed by atoms with van der Waals surface area (Å²) in [5.74, 6) is 0.595. The van der Waals surface area contributed by atoms with Gasteiger partial charge in [0.2, 0.25) is 0 Å². The summed E-state index contributed by atoms with van der Waals surface area (Å²) in [6.07, 6.45) is 2.54. The van der Waals surface area contributed by atoms with E-state index in [-0.39, 0.29) is 18.1 Å². The number of fused-ring (bicyclic) bond motifs is 1. The lowest BCUT2D eigenvalue weighted by molar-refractivity contribution is 0.0562. The van der Waals surface area contributed by atoms with E-state index in [4.69, 9.17) is 4.74 Å². The molecule has 0 atom stereocenters. The topological polar surface area (TPSA) is 71.5 Å². The first-order valence-corrected chi connectivity index (χ1v) is 6.58. The van der Waals surface area contributed by atoms with Gasteiger partial charge in [-0.25, -0.2) is 0 Å². The number of carbonyl (C=O) groups excluding carboxylic acids is 1. The number of carbonyl (C=O) groups is 1. The Balaban J connectivity index is 1.79. The molecule has 5 heteroatoms. The van der Waals surface area contributed by atoms with Crippen LogP contribution in [-0.2, 0) is 0 Å². The minimum Gasteiger partial charge on any atom is -0.497 e. The van der Waals surface area contributed by atoms with Crippen LogP contribution in [0, 0.1) is 0 Å². The smallest absolute Gasteiger partial charge is 0.253 e. The van der Waals surface area contributed by atoms with Crippen molar-refractivity contribution in [2.75, 3.05) is 7.11 Å². The van der Waals surface area contributed by atoms with Crippen molar-refractivity contribution in [2.24, 2.45) is 0 Å². The first kappa shape index (κ1) is 12.9. The molecule has 0 spiro atoms. The first-order chi connectivity index (χ1) is 9.65. The molecule has 1 fully saturated rings. The third kappa shape index (κ3) is 2.44. The van der Waals surface area contributed by atoms with E-state index in [1.165, 1.54) is 0 Å². The van der Waals surface area contributed by atoms with Gasteiger partial charge in [0, 0.05) is 23.7 Å². The van der Waals surface area contributed by atoms with Crippen LogP contribution in [0.25, 0.3) is 10.9 Å². The van der Waals surface area contributed by atoms with Crippen molar-refractivity contribution in [1.82, 2.24) is 10.3 Å². The number of ether oxygens (including phenoxy) is 1. The normalized spacial score (nSPS) is 21.3. The lowest BCUT2D eigenvalue weighted by atomic mass is 9.89. The molecule has 0 saturated heterocycles. The van der Waals surface area contributed by atoms with Crippen molar-refractivity contribution in [3.63, 3.8) is 0 Å². The molecular formula is C15H16N2O3. The van der Waals surface area contributed by atoms with Crippen LogP contribution < -0.4 is 10.1 Å². The molecule has 1 heterocycles. The summed E-state index contributed by atoms with van der Waals surface area (Å²) in [6, 6.07) is 7.44. The third-order valence-electron chi connectivity index (χ3n) is 3.60. The molecular weight excluding hydrogens is 256 g/mol. The van der Waals surface area contributed by atoms with Crippen molar-refractivity contribution in [3.8, 4) is 5.75 Å². The number of pyridine rings is 1. The summed E-state index contributed by atoms with van der Waals surface area (Å²) in [4.78, 5) is 16.4. The van der Waals surface area contributed by atoms with E-state index in [0.29, 0.717) is 18.4 Å². The van der Waals surface area contributed by atoms with Gasteiger partial charge in [0.25, 0.3) is 5.91 Å². The number of nitrogens with one attached hydrogen (secondary N) is 1. The van der Waals surface area contributed by atoms with Crippen LogP contribution in [-0.4, -0.2) is 35.3 Å². The van der Waals surface area contributed by atoms with E-state index < -0.39 is 0 Å². The summed E-state index contributed by atoms with van der Waals surface area (Å²) in [7, 11) is 1.61. The number of benzene rings is 1. The van der Waals surface area contributed by atoms with Gasteiger partial charge in [0.1, 0.15) is 5.75 Å². The molecule has 1 saturated carbocycles. The molecule has 5 nitrogen and oxygen atoms in total. The fraction of sp³-hybridized carbons (Fsp3) is 0.333. The SMILES string of the molecule is COc1ccc2cc(C(=O)NC3CC(O)C3)cnc2c1. The average molecular weight is 272 g/mol. The highest BCUT2D eigenvalue weighted by Gasteiger charge is 2.28. The molecule has 0 unspecified atom stereocenters. The maximum Gasteiger partial charge on any atom is 0.253 e. The van der Waals surface area contributed by atoms with E-state index >= 15 is 0 Å². The van der Waals surface area contributed by atoms with Gasteiger partial charge in [-0.3, -0.25) is 9.78 Å². The average Bonchev–Trinajstić information content (AvgIpc) is 2.44. The van der Waals surface area contributed by atoms with E-state index in [1.807, 2.05) is 24.3 Å². The molecule has 104 valence electrons. The number of hydrogen-bond acceptors (Lipinski definition) is 4. The summed E-state index contributed by atoms with van der Waals surface area (Å²) in [5.41, 5.74) is 1.32. The molecule has 2 aromatic rings. The molecule has 0 aliphatic heterocycles. The molecule has 0 radical (unpaired) electrons. The monoisotopic (exact) mass is 272 g/mol. The van der Waals surface area contributed by atoms with E-state index in [0.717, 1.165) is 16.7 Å². The second kappa shape index (κ2) is 5.09. The van der Waals surface area contributed by atoms with Crippen LogP contribution in [0.4, 0.5) is 0 Å². The number of methoxy groups -OCH3 is 1. The van der Waals surface area contributed by atoms with Gasteiger partial charge in [0.05, 0.1) is 24.3 Å². The van der Waals surface area contributed by atoms with Crippen molar-refractivity contribution in [1.29, 1.82) is 0 Å². The largest absolute Gasteiger partial charge is 0.497 e. The van der Waals surface area contributed by atoms with Crippen LogP contribution in [0.15, 0.2) is 30.5 Å². The van der Waals surface area contributed by atoms with Crippen molar-refractivity contribution < 1.29 is 14.6 Å². The molecule has 1 aliphatic rings. The highest BCUT2D eigenvalue weighted by Crippen LogP contribution is 2.22. The van der Waals surface area contributed by atoms with E-state index in [1.54, 1.807) is 13.3 Å². The molecule has 20 heavy (non-hydrogen) atoms. The molecule has 1 amide bonds. The van der Waals surface area contributed by atoms with Crippen LogP contribution in [0.1, 0.15) is 23.2 Å². The Morgan fingerprint density at radius 3 is 2.90 bits per heavy atom. The van der Waals surface area contributed by atoms with Crippen LogP contribution >= 0.6 is 0 Å². The van der Waals surface area contributed by atoms with Crippen LogP contribution in [0.3, 0.4) is 0 Å². The molecule has 1 aromatic carbocycles. The minimum absolute atomic E-state index is 0.0732. The van der Waals surface area contributed by atoms with Gasteiger partial charge < -0.3 is 15.2 Å². The zero-order valence-corrected chi connectivity index (χ0v) is 11.2. The maximum absolute atomic E-state index is 12.1. The Kier molecular flexibility index (Phi) is 3.28. The Morgan fingerprint density at radius 1 is 1.40 bits per heavy atom. The fourth-order valence-electron chi connectivity index (χ4n) is 2.33. The Hall–Kier alpha value is -2.14. The summed E-state index contributed by atoms with van der Waals surface area (Å²) < 4.78 is 5.14. The zero-order valence-electron chi connectivity index (χ0n) is 11.2. The van der Waals surface area contributed by atoms with Crippen LogP contribution in [0.5, 0.6) is 5.75 Å². The number of nitrogens with zero attached hydrogens (tertiary/aromatic N) is 1. The van der Waals surface area contributed by atoms with Crippen molar-refractivity contribution >= 4 is 16.8 Å². The quantitative estimate of drug-likeness (QED) is 0.888. The Bertz CT molecular complexity index is 651. The van der Waals surface area contributed by atoms with Gasteiger partial charge in [-0.2, -0.15) is 0 Å². The van der Waals surface area contributed by atoms with Crippen LogP contribution in [0.2, 0.25) is 0 Å². The van der Waals surface area contributed by atoms with E-state index in [9.17, 15) is 9.90 Å². The maximum atomic E-state index is 12.1.